The zero-order chi connectivity index (χ0) is 16.4. The van der Waals surface area contributed by atoms with Gasteiger partial charge in [0.15, 0.2) is 11.5 Å². The average molecular weight is 432 g/mol. The van der Waals surface area contributed by atoms with Gasteiger partial charge in [-0.3, -0.25) is 4.79 Å². The summed E-state index contributed by atoms with van der Waals surface area (Å²) >= 11 is 5.93. The summed E-state index contributed by atoms with van der Waals surface area (Å²) in [7, 11) is 0. The molecular formula is C15H12Br2O5. The molecule has 5 nitrogen and oxygen atoms in total. The molecule has 0 atom stereocenters. The van der Waals surface area contributed by atoms with Gasteiger partial charge in [-0.2, -0.15) is 0 Å². The van der Waals surface area contributed by atoms with E-state index in [1.54, 1.807) is 12.1 Å². The van der Waals surface area contributed by atoms with E-state index >= 15 is 0 Å². The number of halogens is 2. The summed E-state index contributed by atoms with van der Waals surface area (Å²) in [5, 5.41) is 38.8. The Bertz CT molecular complexity index is 697. The van der Waals surface area contributed by atoms with Gasteiger partial charge in [0.05, 0.1) is 0 Å². The summed E-state index contributed by atoms with van der Waals surface area (Å²) < 4.78 is -0.129. The molecule has 0 fully saturated rings. The van der Waals surface area contributed by atoms with Gasteiger partial charge in [0, 0.05) is 6.42 Å². The molecule has 0 saturated heterocycles. The number of ketones is 1. The quantitative estimate of drug-likeness (QED) is 0.551. The van der Waals surface area contributed by atoms with E-state index in [-0.39, 0.29) is 32.4 Å². The first-order valence-electron chi connectivity index (χ1n) is 6.25. The molecule has 2 aromatic carbocycles. The minimum atomic E-state index is -0.506. The number of phenols is 4. The van der Waals surface area contributed by atoms with Gasteiger partial charge >= 0.3 is 0 Å². The smallest absolute Gasteiger partial charge is 0.170 e. The molecule has 2 aromatic rings. The second-order valence-corrected chi connectivity index (χ2v) is 6.22. The van der Waals surface area contributed by atoms with Gasteiger partial charge in [0.1, 0.15) is 31.8 Å². The van der Waals surface area contributed by atoms with Gasteiger partial charge in [-0.25, -0.2) is 0 Å². The van der Waals surface area contributed by atoms with Crippen molar-refractivity contribution in [3.63, 3.8) is 0 Å². The summed E-state index contributed by atoms with van der Waals surface area (Å²) in [6, 6.07) is 6.40. The van der Waals surface area contributed by atoms with Crippen molar-refractivity contribution < 1.29 is 25.2 Å². The van der Waals surface area contributed by atoms with Crippen molar-refractivity contribution in [3.05, 3.63) is 44.3 Å². The molecule has 0 aromatic heterocycles. The molecule has 0 saturated carbocycles. The number of carbonyl (C=O) groups is 1. The van der Waals surface area contributed by atoms with Crippen molar-refractivity contribution >= 4 is 37.6 Å². The van der Waals surface area contributed by atoms with E-state index in [9.17, 15) is 25.2 Å². The molecule has 0 heterocycles. The van der Waals surface area contributed by atoms with Crippen molar-refractivity contribution in [1.29, 1.82) is 0 Å². The highest BCUT2D eigenvalue weighted by atomic mass is 79.9. The maximum absolute atomic E-state index is 12.2. The third-order valence-electron chi connectivity index (χ3n) is 3.16. The first kappa shape index (κ1) is 16.6. The molecule has 2 rings (SSSR count). The fraction of sp³-hybridized carbons (Fsp3) is 0.133. The number of aryl methyl sites for hydroxylation is 1. The van der Waals surface area contributed by atoms with Crippen molar-refractivity contribution in [1.82, 2.24) is 0 Å². The van der Waals surface area contributed by atoms with Crippen LogP contribution in [0.25, 0.3) is 0 Å². The molecule has 0 unspecified atom stereocenters. The lowest BCUT2D eigenvalue weighted by Crippen LogP contribution is -2.03. The third-order valence-corrected chi connectivity index (χ3v) is 4.66. The number of phenolic OH excluding ortho intramolecular Hbond substituents is 4. The van der Waals surface area contributed by atoms with Crippen molar-refractivity contribution in [2.45, 2.75) is 12.8 Å². The minimum Gasteiger partial charge on any atom is -0.508 e. The molecule has 116 valence electrons. The Kier molecular flexibility index (Phi) is 4.97. The summed E-state index contributed by atoms with van der Waals surface area (Å²) in [6.07, 6.45) is 0.434. The first-order valence-corrected chi connectivity index (χ1v) is 7.84. The number of benzene rings is 2. The predicted molar refractivity (Wildman–Crippen MR) is 87.6 cm³/mol. The van der Waals surface area contributed by atoms with E-state index in [0.717, 1.165) is 5.56 Å². The monoisotopic (exact) mass is 430 g/mol. The highest BCUT2D eigenvalue weighted by Crippen LogP contribution is 2.48. The van der Waals surface area contributed by atoms with E-state index in [2.05, 4.69) is 31.9 Å². The third kappa shape index (κ3) is 3.20. The zero-order valence-electron chi connectivity index (χ0n) is 11.2. The van der Waals surface area contributed by atoms with Crippen LogP contribution in [0.15, 0.2) is 33.2 Å². The molecule has 0 spiro atoms. The Hall–Kier alpha value is -1.73. The fourth-order valence-electron chi connectivity index (χ4n) is 1.96. The average Bonchev–Trinajstić information content (AvgIpc) is 2.50. The zero-order valence-corrected chi connectivity index (χ0v) is 14.3. The van der Waals surface area contributed by atoms with Crippen LogP contribution in [-0.4, -0.2) is 26.2 Å². The normalized spacial score (nSPS) is 10.6. The number of hydrogen-bond donors (Lipinski definition) is 4. The van der Waals surface area contributed by atoms with Gasteiger partial charge in [-0.15, -0.1) is 0 Å². The van der Waals surface area contributed by atoms with E-state index in [1.807, 2.05) is 0 Å². The molecule has 22 heavy (non-hydrogen) atoms. The number of Topliss-reactive ketones (excluding diaryl/α,β-unsaturated/α-hetero) is 1. The second-order valence-electron chi connectivity index (χ2n) is 4.64. The van der Waals surface area contributed by atoms with Crippen molar-refractivity contribution in [3.8, 4) is 23.0 Å². The summed E-state index contributed by atoms with van der Waals surface area (Å²) in [6.45, 7) is 0. The lowest BCUT2D eigenvalue weighted by atomic mass is 10.0. The maximum Gasteiger partial charge on any atom is 0.170 e. The highest BCUT2D eigenvalue weighted by molar-refractivity contribution is 9.11. The van der Waals surface area contributed by atoms with Crippen LogP contribution < -0.4 is 0 Å². The lowest BCUT2D eigenvalue weighted by molar-refractivity contribution is 0.0977. The molecular weight excluding hydrogens is 420 g/mol. The van der Waals surface area contributed by atoms with Gasteiger partial charge in [0.25, 0.3) is 0 Å². The van der Waals surface area contributed by atoms with Crippen molar-refractivity contribution in [2.24, 2.45) is 0 Å². The first-order chi connectivity index (χ1) is 10.3. The number of rotatable bonds is 4. The molecule has 7 heteroatoms. The number of carbonyl (C=O) groups excluding carboxylic acids is 1. The SMILES string of the molecule is O=C(CCc1ccc(O)cc1)c1c(O)c(Br)c(O)c(Br)c1O. The molecule has 0 aliphatic rings. The Morgan fingerprint density at radius 3 is 1.86 bits per heavy atom. The Morgan fingerprint density at radius 2 is 1.36 bits per heavy atom. The van der Waals surface area contributed by atoms with Crippen LogP contribution in [0.1, 0.15) is 22.3 Å². The van der Waals surface area contributed by atoms with Gasteiger partial charge in [-0.05, 0) is 56.0 Å². The maximum atomic E-state index is 12.2. The Balaban J connectivity index is 2.25. The van der Waals surface area contributed by atoms with Crippen molar-refractivity contribution in [2.75, 3.05) is 0 Å². The molecule has 0 aliphatic heterocycles. The molecule has 0 aliphatic carbocycles. The van der Waals surface area contributed by atoms with E-state index in [4.69, 9.17) is 0 Å². The highest BCUT2D eigenvalue weighted by Gasteiger charge is 2.25. The number of aromatic hydroxyl groups is 4. The molecule has 4 N–H and O–H groups in total. The lowest BCUT2D eigenvalue weighted by Gasteiger charge is -2.12. The van der Waals surface area contributed by atoms with E-state index in [1.165, 1.54) is 12.1 Å². The Morgan fingerprint density at radius 1 is 0.864 bits per heavy atom. The summed E-state index contributed by atoms with van der Waals surface area (Å²) in [4.78, 5) is 12.2. The topological polar surface area (TPSA) is 98.0 Å². The van der Waals surface area contributed by atoms with Crippen LogP contribution in [-0.2, 0) is 6.42 Å². The van der Waals surface area contributed by atoms with Crippen LogP contribution in [0.2, 0.25) is 0 Å². The number of hydrogen-bond acceptors (Lipinski definition) is 5. The minimum absolute atomic E-state index is 0.0511. The van der Waals surface area contributed by atoms with Crippen LogP contribution in [0.3, 0.4) is 0 Å². The van der Waals surface area contributed by atoms with E-state index < -0.39 is 17.3 Å². The largest absolute Gasteiger partial charge is 0.508 e. The molecule has 0 bridgehead atoms. The summed E-state index contributed by atoms with van der Waals surface area (Å²) in [5.74, 6) is -1.73. The predicted octanol–water partition coefficient (Wildman–Crippen LogP) is 3.85. The van der Waals surface area contributed by atoms with Gasteiger partial charge in [0.2, 0.25) is 0 Å². The van der Waals surface area contributed by atoms with Gasteiger partial charge in [-0.1, -0.05) is 12.1 Å². The fourth-order valence-corrected chi connectivity index (χ4v) is 3.02. The molecule has 0 amide bonds. The standard InChI is InChI=1S/C15H12Br2O5/c16-11-13(20)10(14(21)12(17)15(11)22)9(19)6-3-7-1-4-8(18)5-2-7/h1-2,4-5,18,20-22H,3,6H2. The van der Waals surface area contributed by atoms with E-state index in [0.29, 0.717) is 6.42 Å². The second kappa shape index (κ2) is 6.58. The Labute approximate surface area is 143 Å². The van der Waals surface area contributed by atoms with Crippen LogP contribution in [0, 0.1) is 0 Å². The van der Waals surface area contributed by atoms with Crippen LogP contribution in [0.4, 0.5) is 0 Å². The van der Waals surface area contributed by atoms with Crippen LogP contribution >= 0.6 is 31.9 Å². The molecule has 0 radical (unpaired) electrons. The summed E-state index contributed by atoms with van der Waals surface area (Å²) in [5.41, 5.74) is 0.581. The van der Waals surface area contributed by atoms with Gasteiger partial charge < -0.3 is 20.4 Å². The van der Waals surface area contributed by atoms with Crippen LogP contribution in [0.5, 0.6) is 23.0 Å².